The van der Waals surface area contributed by atoms with Crippen molar-refractivity contribution in [3.63, 3.8) is 0 Å². The molecule has 0 radical (unpaired) electrons. The number of aliphatic hydroxyl groups excluding tert-OH is 1. The summed E-state index contributed by atoms with van der Waals surface area (Å²) in [7, 11) is 0. The molecule has 0 aliphatic carbocycles. The third-order valence-electron chi connectivity index (χ3n) is 1.31. The first-order valence-corrected chi connectivity index (χ1v) is 3.48. The Morgan fingerprint density at radius 3 is 2.67 bits per heavy atom. The second kappa shape index (κ2) is 3.99. The van der Waals surface area contributed by atoms with Gasteiger partial charge in [0.25, 0.3) is 0 Å². The summed E-state index contributed by atoms with van der Waals surface area (Å²) in [5.41, 5.74) is 0.600. The predicted octanol–water partition coefficient (Wildman–Crippen LogP) is 1.15. The van der Waals surface area contributed by atoms with Gasteiger partial charge in [0.1, 0.15) is 5.82 Å². The van der Waals surface area contributed by atoms with Crippen LogP contribution in [0.4, 0.5) is 4.39 Å². The Bertz CT molecular complexity index is 282. The lowest BCUT2D eigenvalue weighted by Gasteiger charge is -1.94. The standard InChI is InChI=1S/C9H9FO2/c10-8-3-1-2-7(6-8)4-5-9(11)12/h1-6,9,11-12H/b5-4+. The maximum Gasteiger partial charge on any atom is 0.171 e. The molecule has 0 unspecified atom stereocenters. The van der Waals surface area contributed by atoms with Crippen LogP contribution in [0.15, 0.2) is 30.3 Å². The molecule has 0 spiro atoms. The summed E-state index contributed by atoms with van der Waals surface area (Å²) in [6, 6.07) is 5.85. The van der Waals surface area contributed by atoms with Crippen LogP contribution in [0.2, 0.25) is 0 Å². The molecule has 0 aromatic heterocycles. The minimum atomic E-state index is -1.49. The fourth-order valence-corrected chi connectivity index (χ4v) is 0.807. The second-order valence-electron chi connectivity index (χ2n) is 2.33. The van der Waals surface area contributed by atoms with Gasteiger partial charge in [-0.1, -0.05) is 18.2 Å². The van der Waals surface area contributed by atoms with Gasteiger partial charge in [0, 0.05) is 0 Å². The van der Waals surface area contributed by atoms with E-state index in [-0.39, 0.29) is 5.82 Å². The lowest BCUT2D eigenvalue weighted by atomic mass is 10.2. The van der Waals surface area contributed by atoms with Crippen LogP contribution < -0.4 is 0 Å². The Hall–Kier alpha value is -1.19. The lowest BCUT2D eigenvalue weighted by Crippen LogP contribution is -1.96. The highest BCUT2D eigenvalue weighted by Crippen LogP contribution is 2.05. The SMILES string of the molecule is OC(O)/C=C/c1cccc(F)c1. The van der Waals surface area contributed by atoms with E-state index in [4.69, 9.17) is 10.2 Å². The predicted molar refractivity (Wildman–Crippen MR) is 43.7 cm³/mol. The second-order valence-corrected chi connectivity index (χ2v) is 2.33. The summed E-state index contributed by atoms with van der Waals surface area (Å²) in [6.07, 6.45) is 1.11. The Kier molecular flexibility index (Phi) is 2.96. The molecule has 0 fully saturated rings. The molecule has 1 aromatic carbocycles. The van der Waals surface area contributed by atoms with Crippen molar-refractivity contribution < 1.29 is 14.6 Å². The number of hydrogen-bond acceptors (Lipinski definition) is 2. The highest BCUT2D eigenvalue weighted by molar-refractivity contribution is 5.49. The fourth-order valence-electron chi connectivity index (χ4n) is 0.807. The summed E-state index contributed by atoms with van der Waals surface area (Å²) < 4.78 is 12.5. The van der Waals surface area contributed by atoms with Crippen LogP contribution in [-0.4, -0.2) is 16.5 Å². The first kappa shape index (κ1) is 8.90. The molecule has 1 rings (SSSR count). The summed E-state index contributed by atoms with van der Waals surface area (Å²) in [5.74, 6) is -0.343. The molecule has 12 heavy (non-hydrogen) atoms. The van der Waals surface area contributed by atoms with Gasteiger partial charge in [-0.25, -0.2) is 4.39 Å². The third kappa shape index (κ3) is 2.82. The number of rotatable bonds is 2. The molecule has 0 aliphatic rings. The molecule has 0 bridgehead atoms. The van der Waals surface area contributed by atoms with Crippen LogP contribution in [0.1, 0.15) is 5.56 Å². The molecule has 64 valence electrons. The summed E-state index contributed by atoms with van der Waals surface area (Å²) in [4.78, 5) is 0. The normalized spacial score (nSPS) is 11.3. The Balaban J connectivity index is 2.76. The molecule has 2 N–H and O–H groups in total. The van der Waals surface area contributed by atoms with Gasteiger partial charge in [0.15, 0.2) is 6.29 Å². The van der Waals surface area contributed by atoms with Crippen molar-refractivity contribution in [3.8, 4) is 0 Å². The van der Waals surface area contributed by atoms with Gasteiger partial charge in [-0.2, -0.15) is 0 Å². The van der Waals surface area contributed by atoms with Gasteiger partial charge in [0.2, 0.25) is 0 Å². The first-order valence-electron chi connectivity index (χ1n) is 3.48. The number of benzene rings is 1. The van der Waals surface area contributed by atoms with Crippen LogP contribution in [0.5, 0.6) is 0 Å². The van der Waals surface area contributed by atoms with Crippen molar-refractivity contribution in [2.45, 2.75) is 6.29 Å². The maximum atomic E-state index is 12.5. The molecule has 2 nitrogen and oxygen atoms in total. The summed E-state index contributed by atoms with van der Waals surface area (Å²) in [5, 5.41) is 16.9. The van der Waals surface area contributed by atoms with E-state index >= 15 is 0 Å². The Morgan fingerprint density at radius 2 is 2.08 bits per heavy atom. The van der Waals surface area contributed by atoms with E-state index < -0.39 is 6.29 Å². The van der Waals surface area contributed by atoms with Gasteiger partial charge in [-0.05, 0) is 23.8 Å². The summed E-state index contributed by atoms with van der Waals surface area (Å²) in [6.45, 7) is 0. The Morgan fingerprint density at radius 1 is 1.33 bits per heavy atom. The molecule has 0 heterocycles. The van der Waals surface area contributed by atoms with E-state index in [0.29, 0.717) is 5.56 Å². The topological polar surface area (TPSA) is 40.5 Å². The van der Waals surface area contributed by atoms with Crippen LogP contribution in [0, 0.1) is 5.82 Å². The highest BCUT2D eigenvalue weighted by Gasteiger charge is 1.91. The van der Waals surface area contributed by atoms with Gasteiger partial charge in [0.05, 0.1) is 0 Å². The van der Waals surface area contributed by atoms with E-state index in [2.05, 4.69) is 0 Å². The van der Waals surface area contributed by atoms with Crippen molar-refractivity contribution in [2.75, 3.05) is 0 Å². The van der Waals surface area contributed by atoms with Crippen LogP contribution in [0.25, 0.3) is 6.08 Å². The number of hydrogen-bond donors (Lipinski definition) is 2. The largest absolute Gasteiger partial charge is 0.365 e. The fraction of sp³-hybridized carbons (Fsp3) is 0.111. The van der Waals surface area contributed by atoms with Crippen molar-refractivity contribution in [1.82, 2.24) is 0 Å². The lowest BCUT2D eigenvalue weighted by molar-refractivity contribution is 0.00304. The average Bonchev–Trinajstić information content (AvgIpc) is 2.01. The van der Waals surface area contributed by atoms with E-state index in [1.54, 1.807) is 12.1 Å². The highest BCUT2D eigenvalue weighted by atomic mass is 19.1. The molecule has 0 amide bonds. The minimum absolute atomic E-state index is 0.343. The molecule has 0 saturated heterocycles. The first-order chi connectivity index (χ1) is 5.68. The van der Waals surface area contributed by atoms with Crippen molar-refractivity contribution in [2.24, 2.45) is 0 Å². The number of halogens is 1. The zero-order valence-corrected chi connectivity index (χ0v) is 6.31. The monoisotopic (exact) mass is 168 g/mol. The average molecular weight is 168 g/mol. The molecule has 0 atom stereocenters. The van der Waals surface area contributed by atoms with Crippen LogP contribution in [-0.2, 0) is 0 Å². The quantitative estimate of drug-likeness (QED) is 0.650. The molecule has 3 heteroatoms. The number of aliphatic hydroxyl groups is 2. The molecular formula is C9H9FO2. The van der Waals surface area contributed by atoms with Crippen molar-refractivity contribution in [3.05, 3.63) is 41.7 Å². The van der Waals surface area contributed by atoms with E-state index in [1.807, 2.05) is 0 Å². The van der Waals surface area contributed by atoms with Gasteiger partial charge >= 0.3 is 0 Å². The van der Waals surface area contributed by atoms with E-state index in [9.17, 15) is 4.39 Å². The van der Waals surface area contributed by atoms with E-state index in [1.165, 1.54) is 18.2 Å². The third-order valence-corrected chi connectivity index (χ3v) is 1.31. The molecule has 1 aromatic rings. The van der Waals surface area contributed by atoms with Crippen molar-refractivity contribution in [1.29, 1.82) is 0 Å². The smallest absolute Gasteiger partial charge is 0.171 e. The van der Waals surface area contributed by atoms with Gasteiger partial charge in [-0.15, -0.1) is 0 Å². The minimum Gasteiger partial charge on any atom is -0.365 e. The van der Waals surface area contributed by atoms with Crippen LogP contribution >= 0.6 is 0 Å². The molecular weight excluding hydrogens is 159 g/mol. The zero-order valence-electron chi connectivity index (χ0n) is 6.31. The van der Waals surface area contributed by atoms with Gasteiger partial charge in [-0.3, -0.25) is 0 Å². The zero-order chi connectivity index (χ0) is 8.97. The molecule has 0 aliphatic heterocycles. The van der Waals surface area contributed by atoms with Crippen molar-refractivity contribution >= 4 is 6.08 Å². The van der Waals surface area contributed by atoms with E-state index in [0.717, 1.165) is 6.08 Å². The van der Waals surface area contributed by atoms with Crippen LogP contribution in [0.3, 0.4) is 0 Å². The Labute approximate surface area is 69.6 Å². The maximum absolute atomic E-state index is 12.5. The molecule has 0 saturated carbocycles. The summed E-state index contributed by atoms with van der Waals surface area (Å²) >= 11 is 0. The van der Waals surface area contributed by atoms with Gasteiger partial charge < -0.3 is 10.2 Å².